The van der Waals surface area contributed by atoms with E-state index in [9.17, 15) is 50.8 Å². The fraction of sp³-hybridized carbons (Fsp3) is 0.417. The molecule has 0 bridgehead atoms. The molecule has 322 valence electrons. The van der Waals surface area contributed by atoms with E-state index < -0.39 is 65.9 Å². The van der Waals surface area contributed by atoms with Crippen LogP contribution in [0.4, 0.5) is 35.9 Å². The van der Waals surface area contributed by atoms with Gasteiger partial charge in [0.25, 0.3) is 6.10 Å². The van der Waals surface area contributed by atoms with Crippen molar-refractivity contribution in [2.24, 2.45) is 27.6 Å². The van der Waals surface area contributed by atoms with Gasteiger partial charge in [0, 0.05) is 25.7 Å². The Morgan fingerprint density at radius 2 is 1.34 bits per heavy atom. The molecule has 1 aliphatic carbocycles. The number of hydrogen-bond acceptors (Lipinski definition) is 15. The highest BCUT2D eigenvalue weighted by molar-refractivity contribution is 8.13. The molecule has 2 aromatic carbocycles. The molecule has 0 heterocycles. The number of allylic oxidation sites excluding steroid dienone is 1. The average Bonchev–Trinajstić information content (AvgIpc) is 3.74. The van der Waals surface area contributed by atoms with Gasteiger partial charge in [-0.15, -0.1) is 23.5 Å². The number of para-hydroxylation sites is 1. The van der Waals surface area contributed by atoms with Crippen molar-refractivity contribution < 1.29 is 69.4 Å². The zero-order valence-corrected chi connectivity index (χ0v) is 35.0. The summed E-state index contributed by atoms with van der Waals surface area (Å²) in [5.41, 5.74) is -0.534. The molecule has 1 aliphatic rings. The van der Waals surface area contributed by atoms with Crippen LogP contribution < -0.4 is 4.74 Å². The largest absolute Gasteiger partial charge is 0.457 e. The van der Waals surface area contributed by atoms with Crippen LogP contribution in [0.1, 0.15) is 39.4 Å². The molecular weight excluding hydrogens is 857 g/mol. The highest BCUT2D eigenvalue weighted by Gasteiger charge is 2.62. The lowest BCUT2D eigenvalue weighted by molar-refractivity contribution is -0.312. The number of carbonyl (C=O) groups excluding carboxylic acids is 4. The second kappa shape index (κ2) is 22.3. The van der Waals surface area contributed by atoms with Crippen LogP contribution in [0.25, 0.3) is 0 Å². The third kappa shape index (κ3) is 16.2. The Morgan fingerprint density at radius 1 is 0.831 bits per heavy atom. The van der Waals surface area contributed by atoms with Gasteiger partial charge in [0.1, 0.15) is 27.7 Å². The summed E-state index contributed by atoms with van der Waals surface area (Å²) in [6, 6.07) is 16.9. The lowest BCUT2D eigenvalue weighted by Gasteiger charge is -2.22. The lowest BCUT2D eigenvalue weighted by atomic mass is 10.1. The second-order valence-electron chi connectivity index (χ2n) is 12.4. The van der Waals surface area contributed by atoms with Crippen molar-refractivity contribution in [1.82, 2.24) is 8.61 Å². The van der Waals surface area contributed by atoms with E-state index in [1.54, 1.807) is 76.2 Å². The number of alkyl halides is 6. The first-order valence-corrected chi connectivity index (χ1v) is 19.8. The van der Waals surface area contributed by atoms with Gasteiger partial charge in [0.15, 0.2) is 0 Å². The van der Waals surface area contributed by atoms with Gasteiger partial charge in [0.05, 0.1) is 18.1 Å². The third-order valence-electron chi connectivity index (χ3n) is 7.78. The number of nitrogens with zero attached hydrogens (tertiary/aromatic N) is 5. The molecule has 1 saturated carbocycles. The number of thioether (sulfide) groups is 2. The summed E-state index contributed by atoms with van der Waals surface area (Å²) in [7, 11) is 2.88. The van der Waals surface area contributed by atoms with Crippen LogP contribution in [0.5, 0.6) is 11.5 Å². The second-order valence-corrected chi connectivity index (χ2v) is 15.7. The summed E-state index contributed by atoms with van der Waals surface area (Å²) in [5, 5.41) is 18.0. The fourth-order valence-corrected chi connectivity index (χ4v) is 5.31. The number of hydrogen-bond donors (Lipinski definition) is 0. The van der Waals surface area contributed by atoms with Crippen molar-refractivity contribution in [3.63, 3.8) is 0 Å². The van der Waals surface area contributed by atoms with Crippen molar-refractivity contribution in [3.05, 3.63) is 72.3 Å². The van der Waals surface area contributed by atoms with Crippen LogP contribution in [-0.2, 0) is 28.7 Å². The first-order chi connectivity index (χ1) is 27.5. The monoisotopic (exact) mass is 895 g/mol. The number of benzene rings is 2. The molecule has 0 aliphatic heterocycles. The first kappa shape index (κ1) is 50.1. The number of esters is 2. The van der Waals surface area contributed by atoms with Gasteiger partial charge in [-0.05, 0) is 62.0 Å². The molecular formula is C36H39F6N5O9S3. The van der Waals surface area contributed by atoms with Crippen LogP contribution in [-0.4, -0.2) is 87.9 Å². The topological polar surface area (TPSA) is 169 Å². The molecule has 59 heavy (non-hydrogen) atoms. The van der Waals surface area contributed by atoms with E-state index in [2.05, 4.69) is 24.7 Å². The Bertz CT molecular complexity index is 1860. The number of halogens is 6. The molecule has 3 unspecified atom stereocenters. The molecule has 0 spiro atoms. The highest BCUT2D eigenvalue weighted by Crippen LogP contribution is 2.60. The van der Waals surface area contributed by atoms with Crippen molar-refractivity contribution >= 4 is 69.9 Å². The number of ether oxygens (including phenoxy) is 3. The van der Waals surface area contributed by atoms with Crippen LogP contribution in [0, 0.1) is 28.6 Å². The summed E-state index contributed by atoms with van der Waals surface area (Å²) < 4.78 is 92.4. The molecule has 3 atom stereocenters. The number of nitriles is 1. The van der Waals surface area contributed by atoms with Crippen molar-refractivity contribution in [2.75, 3.05) is 26.6 Å². The molecule has 1 fully saturated rings. The number of oxime groups is 2. The Labute approximate surface area is 348 Å². The van der Waals surface area contributed by atoms with Crippen molar-refractivity contribution in [1.29, 1.82) is 5.26 Å². The normalized spacial score (nSPS) is 16.8. The molecule has 0 aromatic heterocycles. The molecule has 23 heteroatoms. The van der Waals surface area contributed by atoms with E-state index in [4.69, 9.17) is 9.47 Å². The van der Waals surface area contributed by atoms with E-state index >= 15 is 0 Å². The zero-order valence-electron chi connectivity index (χ0n) is 32.6. The van der Waals surface area contributed by atoms with Gasteiger partial charge >= 0.3 is 36.5 Å². The summed E-state index contributed by atoms with van der Waals surface area (Å²) in [6.45, 7) is 6.59. The van der Waals surface area contributed by atoms with E-state index in [0.717, 1.165) is 26.8 Å². The molecule has 0 saturated heterocycles. The summed E-state index contributed by atoms with van der Waals surface area (Å²) in [6.07, 6.45) is -13.7. The maximum Gasteiger partial charge on any atom is 0.447 e. The maximum atomic E-state index is 12.8. The Hall–Kier alpha value is -5.08. The van der Waals surface area contributed by atoms with Gasteiger partial charge in [-0.1, -0.05) is 60.6 Å². The minimum atomic E-state index is -5.84. The summed E-state index contributed by atoms with van der Waals surface area (Å²) in [5.74, 6) is -3.45. The van der Waals surface area contributed by atoms with Gasteiger partial charge in [0.2, 0.25) is 6.10 Å². The molecule has 3 rings (SSSR count). The van der Waals surface area contributed by atoms with Crippen LogP contribution in [0.2, 0.25) is 0 Å². The maximum absolute atomic E-state index is 12.8. The van der Waals surface area contributed by atoms with Crippen LogP contribution >= 0.6 is 35.7 Å². The zero-order chi connectivity index (χ0) is 44.7. The average molecular weight is 896 g/mol. The quantitative estimate of drug-likeness (QED) is 0.0289. The number of amides is 2. The van der Waals surface area contributed by atoms with Crippen LogP contribution in [0.15, 0.2) is 77.1 Å². The van der Waals surface area contributed by atoms with Crippen LogP contribution in [0.3, 0.4) is 0 Å². The Balaban J connectivity index is 0.000000486. The number of carbonyl (C=O) groups is 4. The van der Waals surface area contributed by atoms with Gasteiger partial charge in [-0.25, -0.2) is 23.0 Å². The summed E-state index contributed by atoms with van der Waals surface area (Å²) in [4.78, 5) is 57.0. The lowest BCUT2D eigenvalue weighted by Crippen LogP contribution is -2.45. The van der Waals surface area contributed by atoms with Gasteiger partial charge in [-0.2, -0.15) is 31.6 Å². The van der Waals surface area contributed by atoms with E-state index in [0.29, 0.717) is 33.2 Å². The molecule has 14 nitrogen and oxygen atoms in total. The van der Waals surface area contributed by atoms with E-state index in [-0.39, 0.29) is 0 Å². The predicted octanol–water partition coefficient (Wildman–Crippen LogP) is 9.53. The first-order valence-electron chi connectivity index (χ1n) is 16.7. The Kier molecular flexibility index (Phi) is 19.0. The highest BCUT2D eigenvalue weighted by atomic mass is 32.2. The molecule has 2 aromatic rings. The minimum absolute atomic E-state index is 0.314. The van der Waals surface area contributed by atoms with Crippen molar-refractivity contribution in [3.8, 4) is 17.6 Å². The Morgan fingerprint density at radius 3 is 1.81 bits per heavy atom. The minimum Gasteiger partial charge on any atom is -0.457 e. The SMILES string of the molecule is CC1(C)C(/C=C\C(=O)OC(C(F)(F)F)C(F)(F)F)C1C(=O)OC(C#N)c1cccc(Oc2ccccc2)c1.CS/C(C)=N\OC(=O)N(C)SN(C)C(=O)O/N=C(/C)SC. The van der Waals surface area contributed by atoms with Crippen molar-refractivity contribution in [2.45, 2.75) is 52.3 Å². The van der Waals surface area contributed by atoms with Gasteiger partial charge in [-0.3, -0.25) is 14.5 Å². The molecule has 0 N–H and O–H groups in total. The van der Waals surface area contributed by atoms with Gasteiger partial charge < -0.3 is 14.2 Å². The standard InChI is InChI=1S/C26H21F6NO5.C10H18N4O4S3/c1-24(2)18(11-12-20(34)38-23(25(27,28)29)26(30,31)32)21(24)22(35)37-19(14-33)15-7-6-10-17(13-15)36-16-8-4-3-5-9-16;1-7(19-5)11-17-9(15)13(3)21-14(4)10(16)18-12-8(2)20-6/h3-13,18-19,21,23H,1-2H3;1-6H3/b12-11-;11-7-,12-8-. The third-order valence-corrected chi connectivity index (χ3v) is 9.90. The van der Waals surface area contributed by atoms with E-state index in [1.807, 2.05) is 18.6 Å². The smallest absolute Gasteiger partial charge is 0.447 e. The molecule has 0 radical (unpaired) electrons. The summed E-state index contributed by atoms with van der Waals surface area (Å²) >= 11 is 3.51. The predicted molar refractivity (Wildman–Crippen MR) is 209 cm³/mol. The fourth-order valence-electron chi connectivity index (χ4n) is 4.51. The van der Waals surface area contributed by atoms with E-state index in [1.165, 1.54) is 43.7 Å². The number of rotatable bonds is 12. The molecule has 2 amide bonds.